The van der Waals surface area contributed by atoms with Crippen LogP contribution in [0.15, 0.2) is 10.6 Å². The lowest BCUT2D eigenvalue weighted by Gasteiger charge is -2.04. The highest BCUT2D eigenvalue weighted by molar-refractivity contribution is 5.00. The van der Waals surface area contributed by atoms with Gasteiger partial charge in [-0.3, -0.25) is 0 Å². The number of aromatic nitrogens is 1. The molecular weight excluding hydrogens is 228 g/mol. The number of aryl methyl sites for hydroxylation is 1. The van der Waals surface area contributed by atoms with Crippen molar-refractivity contribution in [2.24, 2.45) is 0 Å². The largest absolute Gasteiger partial charge is 0.445 e. The SMILES string of the molecule is CCCC(C)c1cnc(CCCNCCOC)o1. The molecular formula is C14H26N2O2. The zero-order chi connectivity index (χ0) is 13.2. The molecule has 104 valence electrons. The first kappa shape index (κ1) is 15.2. The molecule has 0 aliphatic heterocycles. The van der Waals surface area contributed by atoms with E-state index in [2.05, 4.69) is 24.1 Å². The first-order valence-corrected chi connectivity index (χ1v) is 6.92. The maximum Gasteiger partial charge on any atom is 0.194 e. The van der Waals surface area contributed by atoms with E-state index in [9.17, 15) is 0 Å². The Morgan fingerprint density at radius 1 is 1.44 bits per heavy atom. The minimum atomic E-state index is 0.482. The third-order valence-electron chi connectivity index (χ3n) is 3.01. The van der Waals surface area contributed by atoms with Crippen molar-refractivity contribution in [1.29, 1.82) is 0 Å². The molecule has 0 amide bonds. The van der Waals surface area contributed by atoms with Crippen molar-refractivity contribution in [3.63, 3.8) is 0 Å². The molecule has 0 fully saturated rings. The summed E-state index contributed by atoms with van der Waals surface area (Å²) >= 11 is 0. The minimum Gasteiger partial charge on any atom is -0.445 e. The van der Waals surface area contributed by atoms with Crippen LogP contribution in [0.25, 0.3) is 0 Å². The van der Waals surface area contributed by atoms with Gasteiger partial charge < -0.3 is 14.5 Å². The second kappa shape index (κ2) is 9.11. The molecule has 0 radical (unpaired) electrons. The van der Waals surface area contributed by atoms with Crippen molar-refractivity contribution in [2.45, 2.75) is 45.4 Å². The van der Waals surface area contributed by atoms with Crippen molar-refractivity contribution in [3.05, 3.63) is 17.8 Å². The highest BCUT2D eigenvalue weighted by Gasteiger charge is 2.10. The summed E-state index contributed by atoms with van der Waals surface area (Å²) in [6.07, 6.45) is 6.17. The summed E-state index contributed by atoms with van der Waals surface area (Å²) < 4.78 is 10.7. The summed E-state index contributed by atoms with van der Waals surface area (Å²) in [4.78, 5) is 4.33. The lowest BCUT2D eigenvalue weighted by Crippen LogP contribution is -2.20. The molecule has 0 saturated heterocycles. The fraction of sp³-hybridized carbons (Fsp3) is 0.786. The van der Waals surface area contributed by atoms with Gasteiger partial charge in [-0.1, -0.05) is 20.3 Å². The first-order valence-electron chi connectivity index (χ1n) is 6.92. The monoisotopic (exact) mass is 254 g/mol. The van der Waals surface area contributed by atoms with Crippen LogP contribution >= 0.6 is 0 Å². The average Bonchev–Trinajstić information content (AvgIpc) is 2.83. The van der Waals surface area contributed by atoms with Crippen LogP contribution in [0, 0.1) is 0 Å². The van der Waals surface area contributed by atoms with Crippen LogP contribution < -0.4 is 5.32 Å². The predicted molar refractivity (Wildman–Crippen MR) is 72.9 cm³/mol. The minimum absolute atomic E-state index is 0.482. The van der Waals surface area contributed by atoms with Gasteiger partial charge in [-0.25, -0.2) is 4.98 Å². The Bertz CT molecular complexity index is 312. The second-order valence-corrected chi connectivity index (χ2v) is 4.69. The van der Waals surface area contributed by atoms with Gasteiger partial charge in [-0.2, -0.15) is 0 Å². The molecule has 0 aromatic carbocycles. The van der Waals surface area contributed by atoms with Gasteiger partial charge in [-0.15, -0.1) is 0 Å². The summed E-state index contributed by atoms with van der Waals surface area (Å²) in [6, 6.07) is 0. The molecule has 1 atom stereocenters. The molecule has 0 aliphatic carbocycles. The Morgan fingerprint density at radius 3 is 3.00 bits per heavy atom. The maximum absolute atomic E-state index is 5.76. The van der Waals surface area contributed by atoms with Crippen molar-refractivity contribution < 1.29 is 9.15 Å². The van der Waals surface area contributed by atoms with E-state index in [1.807, 2.05) is 6.20 Å². The molecule has 0 spiro atoms. The lowest BCUT2D eigenvalue weighted by molar-refractivity contribution is 0.199. The molecule has 1 unspecified atom stereocenters. The molecule has 4 nitrogen and oxygen atoms in total. The summed E-state index contributed by atoms with van der Waals surface area (Å²) in [7, 11) is 1.72. The van der Waals surface area contributed by atoms with E-state index in [1.54, 1.807) is 7.11 Å². The van der Waals surface area contributed by atoms with Crippen molar-refractivity contribution in [2.75, 3.05) is 26.8 Å². The summed E-state index contributed by atoms with van der Waals surface area (Å²) in [5.74, 6) is 2.37. The van der Waals surface area contributed by atoms with Gasteiger partial charge in [0.2, 0.25) is 0 Å². The molecule has 0 aliphatic rings. The van der Waals surface area contributed by atoms with E-state index >= 15 is 0 Å². The Kier molecular flexibility index (Phi) is 7.69. The fourth-order valence-electron chi connectivity index (χ4n) is 1.91. The molecule has 4 heteroatoms. The Labute approximate surface area is 110 Å². The van der Waals surface area contributed by atoms with Crippen LogP contribution in [0.1, 0.15) is 50.7 Å². The highest BCUT2D eigenvalue weighted by atomic mass is 16.5. The predicted octanol–water partition coefficient (Wildman–Crippen LogP) is 2.75. The quantitative estimate of drug-likeness (QED) is 0.652. The first-order chi connectivity index (χ1) is 8.77. The summed E-state index contributed by atoms with van der Waals surface area (Å²) in [5.41, 5.74) is 0. The average molecular weight is 254 g/mol. The Morgan fingerprint density at radius 2 is 2.28 bits per heavy atom. The van der Waals surface area contributed by atoms with Gasteiger partial charge in [0, 0.05) is 26.0 Å². The fourth-order valence-corrected chi connectivity index (χ4v) is 1.91. The van der Waals surface area contributed by atoms with Gasteiger partial charge in [0.25, 0.3) is 0 Å². The summed E-state index contributed by atoms with van der Waals surface area (Å²) in [5, 5.41) is 3.31. The Hall–Kier alpha value is -0.870. The number of nitrogens with one attached hydrogen (secondary N) is 1. The van der Waals surface area contributed by atoms with Crippen LogP contribution in [-0.2, 0) is 11.2 Å². The van der Waals surface area contributed by atoms with Crippen molar-refractivity contribution in [3.8, 4) is 0 Å². The molecule has 1 heterocycles. The molecule has 1 aromatic heterocycles. The third-order valence-corrected chi connectivity index (χ3v) is 3.01. The number of hydrogen-bond acceptors (Lipinski definition) is 4. The standard InChI is InChI=1S/C14H26N2O2/c1-4-6-12(2)13-11-16-14(18-13)7-5-8-15-9-10-17-3/h11-12,15H,4-10H2,1-3H3. The zero-order valence-electron chi connectivity index (χ0n) is 11.9. The van der Waals surface area contributed by atoms with E-state index in [-0.39, 0.29) is 0 Å². The number of methoxy groups -OCH3 is 1. The van der Waals surface area contributed by atoms with E-state index < -0.39 is 0 Å². The van der Waals surface area contributed by atoms with E-state index in [4.69, 9.17) is 9.15 Å². The summed E-state index contributed by atoms with van der Waals surface area (Å²) in [6.45, 7) is 7.03. The highest BCUT2D eigenvalue weighted by Crippen LogP contribution is 2.21. The van der Waals surface area contributed by atoms with E-state index in [0.717, 1.165) is 50.6 Å². The van der Waals surface area contributed by atoms with E-state index in [1.165, 1.54) is 6.42 Å². The van der Waals surface area contributed by atoms with Gasteiger partial charge in [0.05, 0.1) is 12.8 Å². The van der Waals surface area contributed by atoms with Crippen molar-refractivity contribution in [1.82, 2.24) is 10.3 Å². The zero-order valence-corrected chi connectivity index (χ0v) is 11.9. The molecule has 1 N–H and O–H groups in total. The number of nitrogens with zero attached hydrogens (tertiary/aromatic N) is 1. The van der Waals surface area contributed by atoms with Crippen molar-refractivity contribution >= 4 is 0 Å². The Balaban J connectivity index is 2.19. The maximum atomic E-state index is 5.76. The van der Waals surface area contributed by atoms with E-state index in [0.29, 0.717) is 5.92 Å². The molecule has 0 bridgehead atoms. The van der Waals surface area contributed by atoms with Crippen LogP contribution in [0.5, 0.6) is 0 Å². The number of oxazole rings is 1. The lowest BCUT2D eigenvalue weighted by atomic mass is 10.0. The van der Waals surface area contributed by atoms with Crippen LogP contribution in [0.3, 0.4) is 0 Å². The smallest absolute Gasteiger partial charge is 0.194 e. The molecule has 1 aromatic rings. The van der Waals surface area contributed by atoms with Gasteiger partial charge in [-0.05, 0) is 19.4 Å². The number of rotatable bonds is 10. The topological polar surface area (TPSA) is 47.3 Å². The van der Waals surface area contributed by atoms with Crippen LogP contribution in [0.2, 0.25) is 0 Å². The number of ether oxygens (including phenoxy) is 1. The van der Waals surface area contributed by atoms with Crippen LogP contribution in [-0.4, -0.2) is 31.8 Å². The normalized spacial score (nSPS) is 12.8. The molecule has 18 heavy (non-hydrogen) atoms. The molecule has 1 rings (SSSR count). The third kappa shape index (κ3) is 5.65. The number of hydrogen-bond donors (Lipinski definition) is 1. The van der Waals surface area contributed by atoms with Crippen LogP contribution in [0.4, 0.5) is 0 Å². The van der Waals surface area contributed by atoms with Gasteiger partial charge in [0.15, 0.2) is 5.89 Å². The molecule has 0 saturated carbocycles. The van der Waals surface area contributed by atoms with Gasteiger partial charge in [0.1, 0.15) is 5.76 Å². The second-order valence-electron chi connectivity index (χ2n) is 4.69. The van der Waals surface area contributed by atoms with Gasteiger partial charge >= 0.3 is 0 Å².